The third-order valence-corrected chi connectivity index (χ3v) is 2.79. The summed E-state index contributed by atoms with van der Waals surface area (Å²) in [5.74, 6) is -0.222. The van der Waals surface area contributed by atoms with Gasteiger partial charge in [-0.15, -0.1) is 0 Å². The van der Waals surface area contributed by atoms with Crippen LogP contribution in [0, 0.1) is 0 Å². The number of hydrogen-bond donors (Lipinski definition) is 0. The number of hydrogen-bond acceptors (Lipinski definition) is 2. The van der Waals surface area contributed by atoms with Crippen molar-refractivity contribution in [3.05, 3.63) is 34.3 Å². The number of ether oxygens (including phenoxy) is 1. The second kappa shape index (κ2) is 6.69. The molecule has 0 unspecified atom stereocenters. The highest BCUT2D eigenvalue weighted by Gasteiger charge is 2.30. The van der Waals surface area contributed by atoms with Crippen LogP contribution in [0.15, 0.2) is 28.7 Å². The second-order valence-corrected chi connectivity index (χ2v) is 4.54. The molecule has 0 aromatic heterocycles. The lowest BCUT2D eigenvalue weighted by Gasteiger charge is -2.21. The van der Waals surface area contributed by atoms with Gasteiger partial charge in [0.1, 0.15) is 0 Å². The van der Waals surface area contributed by atoms with Crippen LogP contribution in [0.25, 0.3) is 0 Å². The lowest BCUT2D eigenvalue weighted by atomic mass is 9.85. The standard InChI is InChI=1S/C11H13BrO2.C2H6/c1-11(2,10(13)14-3)8-4-6-9(12)7-5-8;1-2/h4-7H,1-3H3;1-2H3. The number of benzene rings is 1. The first-order valence-corrected chi connectivity index (χ1v) is 6.12. The van der Waals surface area contributed by atoms with Crippen LogP contribution in [-0.4, -0.2) is 13.1 Å². The molecular formula is C13H19BrO2. The molecule has 1 rings (SSSR count). The van der Waals surface area contributed by atoms with Gasteiger partial charge in [0.05, 0.1) is 12.5 Å². The van der Waals surface area contributed by atoms with Gasteiger partial charge >= 0.3 is 5.97 Å². The normalized spacial score (nSPS) is 10.1. The van der Waals surface area contributed by atoms with Gasteiger partial charge in [0, 0.05) is 4.47 Å². The van der Waals surface area contributed by atoms with Crippen LogP contribution in [0.3, 0.4) is 0 Å². The van der Waals surface area contributed by atoms with Crippen LogP contribution < -0.4 is 0 Å². The molecule has 0 fully saturated rings. The molecule has 0 amide bonds. The number of rotatable bonds is 2. The Morgan fingerprint density at radius 2 is 1.62 bits per heavy atom. The van der Waals surface area contributed by atoms with Crippen LogP contribution in [0.5, 0.6) is 0 Å². The Bertz CT molecular complexity index is 328. The molecule has 0 saturated carbocycles. The monoisotopic (exact) mass is 286 g/mol. The second-order valence-electron chi connectivity index (χ2n) is 3.62. The van der Waals surface area contributed by atoms with Gasteiger partial charge in [-0.25, -0.2) is 0 Å². The number of carbonyl (C=O) groups is 1. The maximum Gasteiger partial charge on any atom is 0.315 e. The first-order chi connectivity index (χ1) is 7.48. The van der Waals surface area contributed by atoms with E-state index in [4.69, 9.17) is 4.74 Å². The fourth-order valence-electron chi connectivity index (χ4n) is 1.24. The predicted octanol–water partition coefficient (Wildman–Crippen LogP) is 3.93. The number of halogens is 1. The molecule has 0 aliphatic rings. The van der Waals surface area contributed by atoms with Crippen molar-refractivity contribution in [2.45, 2.75) is 33.1 Å². The third kappa shape index (κ3) is 3.63. The van der Waals surface area contributed by atoms with Crippen LogP contribution in [0.4, 0.5) is 0 Å². The zero-order valence-electron chi connectivity index (χ0n) is 10.5. The smallest absolute Gasteiger partial charge is 0.315 e. The first-order valence-electron chi connectivity index (χ1n) is 5.33. The van der Waals surface area contributed by atoms with Gasteiger partial charge in [0.2, 0.25) is 0 Å². The summed E-state index contributed by atoms with van der Waals surface area (Å²) in [7, 11) is 1.41. The van der Waals surface area contributed by atoms with E-state index in [2.05, 4.69) is 15.9 Å². The van der Waals surface area contributed by atoms with Gasteiger partial charge in [-0.1, -0.05) is 41.9 Å². The van der Waals surface area contributed by atoms with E-state index in [9.17, 15) is 4.79 Å². The summed E-state index contributed by atoms with van der Waals surface area (Å²) in [4.78, 5) is 11.5. The maximum absolute atomic E-state index is 11.5. The van der Waals surface area contributed by atoms with Gasteiger partial charge in [-0.05, 0) is 31.5 Å². The molecule has 90 valence electrons. The average molecular weight is 287 g/mol. The molecule has 0 bridgehead atoms. The Morgan fingerprint density at radius 1 is 1.19 bits per heavy atom. The summed E-state index contributed by atoms with van der Waals surface area (Å²) in [5.41, 5.74) is 0.364. The Balaban J connectivity index is 0.00000106. The molecule has 0 heterocycles. The van der Waals surface area contributed by atoms with Crippen molar-refractivity contribution in [3.63, 3.8) is 0 Å². The van der Waals surface area contributed by atoms with E-state index in [0.29, 0.717) is 0 Å². The quantitative estimate of drug-likeness (QED) is 0.770. The topological polar surface area (TPSA) is 26.3 Å². The van der Waals surface area contributed by atoms with Crippen molar-refractivity contribution < 1.29 is 9.53 Å². The van der Waals surface area contributed by atoms with Crippen molar-refractivity contribution in [2.24, 2.45) is 0 Å². The minimum absolute atomic E-state index is 0.222. The first kappa shape index (κ1) is 15.2. The summed E-state index contributed by atoms with van der Waals surface area (Å²) in [6.07, 6.45) is 0. The van der Waals surface area contributed by atoms with Gasteiger partial charge in [-0.2, -0.15) is 0 Å². The molecule has 1 aromatic carbocycles. The van der Waals surface area contributed by atoms with E-state index in [1.165, 1.54) is 7.11 Å². The molecule has 1 aromatic rings. The molecule has 0 aliphatic carbocycles. The van der Waals surface area contributed by atoms with E-state index < -0.39 is 5.41 Å². The maximum atomic E-state index is 11.5. The highest BCUT2D eigenvalue weighted by atomic mass is 79.9. The fourth-order valence-corrected chi connectivity index (χ4v) is 1.50. The average Bonchev–Trinajstić information content (AvgIpc) is 2.31. The van der Waals surface area contributed by atoms with Gasteiger partial charge in [-0.3, -0.25) is 4.79 Å². The van der Waals surface area contributed by atoms with Gasteiger partial charge < -0.3 is 4.74 Å². The van der Waals surface area contributed by atoms with Crippen LogP contribution >= 0.6 is 15.9 Å². The molecule has 0 atom stereocenters. The number of esters is 1. The van der Waals surface area contributed by atoms with Crippen molar-refractivity contribution in [1.29, 1.82) is 0 Å². The van der Waals surface area contributed by atoms with Crippen molar-refractivity contribution in [3.8, 4) is 0 Å². The van der Waals surface area contributed by atoms with Crippen molar-refractivity contribution in [2.75, 3.05) is 7.11 Å². The third-order valence-electron chi connectivity index (χ3n) is 2.26. The predicted molar refractivity (Wildman–Crippen MR) is 70.5 cm³/mol. The van der Waals surface area contributed by atoms with Gasteiger partial charge in [0.15, 0.2) is 0 Å². The molecule has 0 aliphatic heterocycles. The molecule has 0 saturated heterocycles. The highest BCUT2D eigenvalue weighted by Crippen LogP contribution is 2.25. The largest absolute Gasteiger partial charge is 0.468 e. The van der Waals surface area contributed by atoms with E-state index in [-0.39, 0.29) is 5.97 Å². The van der Waals surface area contributed by atoms with Crippen LogP contribution in [-0.2, 0) is 14.9 Å². The summed E-state index contributed by atoms with van der Waals surface area (Å²) in [6, 6.07) is 7.67. The lowest BCUT2D eigenvalue weighted by Crippen LogP contribution is -2.30. The molecule has 0 radical (unpaired) electrons. The molecule has 16 heavy (non-hydrogen) atoms. The summed E-state index contributed by atoms with van der Waals surface area (Å²) in [5, 5.41) is 0. The summed E-state index contributed by atoms with van der Waals surface area (Å²) in [6.45, 7) is 7.70. The Hall–Kier alpha value is -0.830. The van der Waals surface area contributed by atoms with E-state index >= 15 is 0 Å². The lowest BCUT2D eigenvalue weighted by molar-refractivity contribution is -0.146. The van der Waals surface area contributed by atoms with E-state index in [0.717, 1.165) is 10.0 Å². The number of methoxy groups -OCH3 is 1. The zero-order chi connectivity index (χ0) is 12.8. The summed E-state index contributed by atoms with van der Waals surface area (Å²) < 4.78 is 5.75. The Morgan fingerprint density at radius 3 is 2.00 bits per heavy atom. The Labute approximate surface area is 106 Å². The molecular weight excluding hydrogens is 268 g/mol. The molecule has 3 heteroatoms. The van der Waals surface area contributed by atoms with Crippen molar-refractivity contribution >= 4 is 21.9 Å². The molecule has 0 N–H and O–H groups in total. The summed E-state index contributed by atoms with van der Waals surface area (Å²) >= 11 is 3.35. The van der Waals surface area contributed by atoms with Gasteiger partial charge in [0.25, 0.3) is 0 Å². The molecule has 2 nitrogen and oxygen atoms in total. The van der Waals surface area contributed by atoms with Crippen molar-refractivity contribution in [1.82, 2.24) is 0 Å². The fraction of sp³-hybridized carbons (Fsp3) is 0.462. The number of carbonyl (C=O) groups excluding carboxylic acids is 1. The van der Waals surface area contributed by atoms with Crippen LogP contribution in [0.1, 0.15) is 33.3 Å². The highest BCUT2D eigenvalue weighted by molar-refractivity contribution is 9.10. The minimum atomic E-state index is -0.588. The van der Waals surface area contributed by atoms with E-state index in [1.807, 2.05) is 52.0 Å². The van der Waals surface area contributed by atoms with E-state index in [1.54, 1.807) is 0 Å². The van der Waals surface area contributed by atoms with Crippen LogP contribution in [0.2, 0.25) is 0 Å². The zero-order valence-corrected chi connectivity index (χ0v) is 12.1. The SMILES string of the molecule is CC.COC(=O)C(C)(C)c1ccc(Br)cc1. The Kier molecular flexibility index (Phi) is 6.34. The minimum Gasteiger partial charge on any atom is -0.468 e. The molecule has 0 spiro atoms.